The van der Waals surface area contributed by atoms with Crippen molar-refractivity contribution >= 4 is 5.91 Å². The van der Waals surface area contributed by atoms with Gasteiger partial charge in [-0.3, -0.25) is 14.8 Å². The van der Waals surface area contributed by atoms with Crippen LogP contribution in [0.25, 0.3) is 0 Å². The van der Waals surface area contributed by atoms with Gasteiger partial charge in [-0.2, -0.15) is 5.10 Å². The number of nitrogens with zero attached hydrogens (tertiary/aromatic N) is 3. The second kappa shape index (κ2) is 7.37. The van der Waals surface area contributed by atoms with Crippen molar-refractivity contribution in [3.8, 4) is 0 Å². The van der Waals surface area contributed by atoms with Gasteiger partial charge in [0.2, 0.25) is 0 Å². The molecule has 1 aliphatic rings. The number of rotatable bonds is 5. The van der Waals surface area contributed by atoms with Crippen LogP contribution in [0, 0.1) is 0 Å². The molecule has 2 aromatic heterocycles. The van der Waals surface area contributed by atoms with Crippen molar-refractivity contribution < 1.29 is 14.1 Å². The van der Waals surface area contributed by atoms with Crippen LogP contribution in [0.3, 0.4) is 0 Å². The quantitative estimate of drug-likeness (QED) is 0.850. The highest BCUT2D eigenvalue weighted by Gasteiger charge is 2.19. The summed E-state index contributed by atoms with van der Waals surface area (Å²) in [6.45, 7) is 10.5. The lowest BCUT2D eigenvalue weighted by Crippen LogP contribution is -2.35. The number of hydrogen-bond donors (Lipinski definition) is 2. The van der Waals surface area contributed by atoms with Gasteiger partial charge < -0.3 is 14.6 Å². The zero-order chi connectivity index (χ0) is 17.9. The van der Waals surface area contributed by atoms with Crippen LogP contribution in [-0.4, -0.2) is 52.5 Å². The number of carbonyl (C=O) groups is 1. The van der Waals surface area contributed by atoms with Crippen molar-refractivity contribution in [3.05, 3.63) is 35.0 Å². The molecule has 0 saturated carbocycles. The van der Waals surface area contributed by atoms with E-state index in [1.165, 1.54) is 0 Å². The maximum Gasteiger partial charge on any atom is 0.273 e. The number of aromatic amines is 1. The summed E-state index contributed by atoms with van der Waals surface area (Å²) in [7, 11) is 0. The van der Waals surface area contributed by atoms with Gasteiger partial charge in [0, 0.05) is 24.6 Å². The fourth-order valence-electron chi connectivity index (χ4n) is 2.58. The van der Waals surface area contributed by atoms with Crippen molar-refractivity contribution in [2.24, 2.45) is 0 Å². The first-order valence-electron chi connectivity index (χ1n) is 8.50. The molecule has 0 bridgehead atoms. The Balaban J connectivity index is 1.52. The SMILES string of the molecule is CC(C)(C)c1cc(CNC(=O)c2cc(CN3CCOCC3)on2)[nH]n1. The third kappa shape index (κ3) is 4.67. The van der Waals surface area contributed by atoms with Crippen LogP contribution in [0.5, 0.6) is 0 Å². The van der Waals surface area contributed by atoms with Crippen LogP contribution in [0.15, 0.2) is 16.7 Å². The second-order valence-electron chi connectivity index (χ2n) is 7.28. The van der Waals surface area contributed by atoms with Crippen molar-refractivity contribution in [1.29, 1.82) is 0 Å². The third-order valence-electron chi connectivity index (χ3n) is 4.11. The van der Waals surface area contributed by atoms with E-state index in [1.807, 2.05) is 6.07 Å². The first-order valence-corrected chi connectivity index (χ1v) is 8.50. The molecule has 2 N–H and O–H groups in total. The number of nitrogens with one attached hydrogen (secondary N) is 2. The van der Waals surface area contributed by atoms with Gasteiger partial charge >= 0.3 is 0 Å². The van der Waals surface area contributed by atoms with Crippen molar-refractivity contribution in [2.45, 2.75) is 39.3 Å². The Labute approximate surface area is 146 Å². The summed E-state index contributed by atoms with van der Waals surface area (Å²) in [5, 5.41) is 13.9. The Hall–Kier alpha value is -2.19. The molecule has 0 aromatic carbocycles. The highest BCUT2D eigenvalue weighted by molar-refractivity contribution is 5.92. The molecule has 8 heteroatoms. The largest absolute Gasteiger partial charge is 0.379 e. The van der Waals surface area contributed by atoms with E-state index in [9.17, 15) is 4.79 Å². The number of H-pyrrole nitrogens is 1. The summed E-state index contributed by atoms with van der Waals surface area (Å²) in [5.41, 5.74) is 2.08. The Kier molecular flexibility index (Phi) is 5.19. The molecule has 3 heterocycles. The first-order chi connectivity index (χ1) is 11.9. The molecule has 0 unspecified atom stereocenters. The minimum Gasteiger partial charge on any atom is -0.379 e. The molecular weight excluding hydrogens is 322 g/mol. The molecule has 136 valence electrons. The van der Waals surface area contributed by atoms with Crippen LogP contribution in [0.2, 0.25) is 0 Å². The summed E-state index contributed by atoms with van der Waals surface area (Å²) in [6, 6.07) is 3.66. The lowest BCUT2D eigenvalue weighted by molar-refractivity contribution is 0.0305. The minimum absolute atomic E-state index is 0.0285. The predicted octanol–water partition coefficient (Wildman–Crippen LogP) is 1.46. The Morgan fingerprint density at radius 1 is 1.32 bits per heavy atom. The zero-order valence-electron chi connectivity index (χ0n) is 15.0. The number of aromatic nitrogens is 3. The fourth-order valence-corrected chi connectivity index (χ4v) is 2.58. The lowest BCUT2D eigenvalue weighted by Gasteiger charge is -2.25. The molecular formula is C17H25N5O3. The number of carbonyl (C=O) groups excluding carboxylic acids is 1. The fraction of sp³-hybridized carbons (Fsp3) is 0.588. The Morgan fingerprint density at radius 3 is 2.76 bits per heavy atom. The molecule has 8 nitrogen and oxygen atoms in total. The molecule has 0 radical (unpaired) electrons. The van der Waals surface area contributed by atoms with Crippen LogP contribution in [0.1, 0.15) is 48.4 Å². The first kappa shape index (κ1) is 17.6. The second-order valence-corrected chi connectivity index (χ2v) is 7.28. The molecule has 25 heavy (non-hydrogen) atoms. The molecule has 1 amide bonds. The molecule has 0 atom stereocenters. The smallest absolute Gasteiger partial charge is 0.273 e. The van der Waals surface area contributed by atoms with Gasteiger partial charge in [0.15, 0.2) is 11.5 Å². The van der Waals surface area contributed by atoms with Crippen molar-refractivity contribution in [3.63, 3.8) is 0 Å². The monoisotopic (exact) mass is 347 g/mol. The number of hydrogen-bond acceptors (Lipinski definition) is 6. The van der Waals surface area contributed by atoms with E-state index in [2.05, 4.69) is 46.3 Å². The van der Waals surface area contributed by atoms with Gasteiger partial charge in [-0.1, -0.05) is 25.9 Å². The Bertz CT molecular complexity index is 710. The van der Waals surface area contributed by atoms with E-state index < -0.39 is 0 Å². The molecule has 1 fully saturated rings. The highest BCUT2D eigenvalue weighted by Crippen LogP contribution is 2.20. The zero-order valence-corrected chi connectivity index (χ0v) is 15.0. The van der Waals surface area contributed by atoms with Gasteiger partial charge in [0.1, 0.15) is 0 Å². The van der Waals surface area contributed by atoms with Gasteiger partial charge in [-0.05, 0) is 6.07 Å². The van der Waals surface area contributed by atoms with Gasteiger partial charge in [-0.15, -0.1) is 0 Å². The molecule has 1 saturated heterocycles. The van der Waals surface area contributed by atoms with Crippen molar-refractivity contribution in [1.82, 2.24) is 25.6 Å². The van der Waals surface area contributed by atoms with Crippen molar-refractivity contribution in [2.75, 3.05) is 26.3 Å². The van der Waals surface area contributed by atoms with Gasteiger partial charge in [0.05, 0.1) is 37.7 Å². The molecule has 1 aliphatic heterocycles. The summed E-state index contributed by atoms with van der Waals surface area (Å²) < 4.78 is 10.6. The van der Waals surface area contributed by atoms with Crippen LogP contribution < -0.4 is 5.32 Å². The van der Waals surface area contributed by atoms with E-state index in [-0.39, 0.29) is 11.3 Å². The predicted molar refractivity (Wildman–Crippen MR) is 91.1 cm³/mol. The van der Waals surface area contributed by atoms with Crippen LogP contribution >= 0.6 is 0 Å². The molecule has 3 rings (SSSR count). The van der Waals surface area contributed by atoms with E-state index in [0.717, 1.165) is 37.7 Å². The topological polar surface area (TPSA) is 96.3 Å². The van der Waals surface area contributed by atoms with Gasteiger partial charge in [-0.25, -0.2) is 0 Å². The summed E-state index contributed by atoms with van der Waals surface area (Å²) in [4.78, 5) is 14.4. The maximum absolute atomic E-state index is 12.2. The summed E-state index contributed by atoms with van der Waals surface area (Å²) in [6.07, 6.45) is 0. The normalized spacial score (nSPS) is 16.1. The standard InChI is InChI=1S/C17H25N5O3/c1-17(2,3)15-8-12(19-20-15)10-18-16(23)14-9-13(25-21-14)11-22-4-6-24-7-5-22/h8-9H,4-7,10-11H2,1-3H3,(H,18,23)(H,19,20). The number of morpholine rings is 1. The van der Waals surface area contributed by atoms with E-state index in [0.29, 0.717) is 24.5 Å². The van der Waals surface area contributed by atoms with E-state index in [4.69, 9.17) is 9.26 Å². The third-order valence-corrected chi connectivity index (χ3v) is 4.11. The molecule has 0 spiro atoms. The van der Waals surface area contributed by atoms with E-state index in [1.54, 1.807) is 6.07 Å². The number of amides is 1. The summed E-state index contributed by atoms with van der Waals surface area (Å²) in [5.74, 6) is 0.424. The number of ether oxygens (including phenoxy) is 1. The van der Waals surface area contributed by atoms with E-state index >= 15 is 0 Å². The Morgan fingerprint density at radius 2 is 2.08 bits per heavy atom. The van der Waals surface area contributed by atoms with Crippen LogP contribution in [-0.2, 0) is 23.2 Å². The lowest BCUT2D eigenvalue weighted by atomic mass is 9.92. The van der Waals surface area contributed by atoms with Gasteiger partial charge in [0.25, 0.3) is 5.91 Å². The highest BCUT2D eigenvalue weighted by atomic mass is 16.5. The average molecular weight is 347 g/mol. The average Bonchev–Trinajstić information content (AvgIpc) is 3.22. The summed E-state index contributed by atoms with van der Waals surface area (Å²) >= 11 is 0. The molecule has 0 aliphatic carbocycles. The van der Waals surface area contributed by atoms with Crippen LogP contribution in [0.4, 0.5) is 0 Å². The molecule has 2 aromatic rings. The minimum atomic E-state index is -0.260. The maximum atomic E-state index is 12.2.